The van der Waals surface area contributed by atoms with Gasteiger partial charge in [-0.3, -0.25) is 0 Å². The number of hydrogen-bond donors (Lipinski definition) is 0. The first-order valence-corrected chi connectivity index (χ1v) is 15.9. The van der Waals surface area contributed by atoms with E-state index in [1.165, 1.54) is 161 Å². The second-order valence-electron chi connectivity index (χ2n) is 11.9. The Labute approximate surface area is 209 Å². The lowest BCUT2D eigenvalue weighted by molar-refractivity contribution is 0.00526. The molecule has 2 saturated carbocycles. The van der Waals surface area contributed by atoms with Crippen molar-refractivity contribution in [2.75, 3.05) is 6.61 Å². The quantitative estimate of drug-likeness (QED) is 0.163. The van der Waals surface area contributed by atoms with Crippen LogP contribution >= 0.6 is 0 Å². The molecule has 0 spiro atoms. The van der Waals surface area contributed by atoms with Gasteiger partial charge in [0.2, 0.25) is 0 Å². The van der Waals surface area contributed by atoms with Crippen LogP contribution < -0.4 is 0 Å². The molecule has 2 aliphatic rings. The molecule has 2 aliphatic carbocycles. The highest BCUT2D eigenvalue weighted by atomic mass is 16.5. The first-order chi connectivity index (χ1) is 16.3. The van der Waals surface area contributed by atoms with Crippen molar-refractivity contribution >= 4 is 0 Å². The van der Waals surface area contributed by atoms with E-state index < -0.39 is 0 Å². The summed E-state index contributed by atoms with van der Waals surface area (Å²) in [6.45, 7) is 5.64. The Hall–Kier alpha value is -0.0400. The van der Waals surface area contributed by atoms with E-state index >= 15 is 0 Å². The fraction of sp³-hybridized carbons (Fsp3) is 1.00. The minimum absolute atomic E-state index is 0.587. The van der Waals surface area contributed by atoms with Crippen molar-refractivity contribution in [3.63, 3.8) is 0 Å². The summed E-state index contributed by atoms with van der Waals surface area (Å²) in [5.41, 5.74) is 0. The molecule has 2 rings (SSSR count). The van der Waals surface area contributed by atoms with E-state index in [1.54, 1.807) is 0 Å². The maximum Gasteiger partial charge on any atom is 0.0575 e. The zero-order chi connectivity index (χ0) is 23.4. The van der Waals surface area contributed by atoms with Gasteiger partial charge in [0.1, 0.15) is 0 Å². The third kappa shape index (κ3) is 14.2. The standard InChI is InChI=1S/C32H62O/c1-3-5-7-9-11-13-15-17-19-29-20-22-30(23-21-29)31-24-26-32(27-25-31)33-28-18-16-14-12-10-8-6-4-2/h29-32H,3-28H2,1-2H3/t29?,30?,31-,32-. The highest BCUT2D eigenvalue weighted by Gasteiger charge is 2.30. The van der Waals surface area contributed by atoms with Crippen molar-refractivity contribution in [2.45, 2.75) is 180 Å². The minimum Gasteiger partial charge on any atom is -0.378 e. The zero-order valence-electron chi connectivity index (χ0n) is 23.1. The van der Waals surface area contributed by atoms with E-state index in [2.05, 4.69) is 13.8 Å². The molecule has 0 radical (unpaired) electrons. The zero-order valence-corrected chi connectivity index (χ0v) is 23.1. The monoisotopic (exact) mass is 462 g/mol. The Morgan fingerprint density at radius 1 is 0.455 bits per heavy atom. The maximum atomic E-state index is 6.27. The first-order valence-electron chi connectivity index (χ1n) is 15.9. The van der Waals surface area contributed by atoms with Gasteiger partial charge in [-0.2, -0.15) is 0 Å². The Morgan fingerprint density at radius 3 is 1.39 bits per heavy atom. The van der Waals surface area contributed by atoms with Crippen molar-refractivity contribution < 1.29 is 4.74 Å². The summed E-state index contributed by atoms with van der Waals surface area (Å²) in [4.78, 5) is 0. The largest absolute Gasteiger partial charge is 0.378 e. The van der Waals surface area contributed by atoms with Crippen LogP contribution in [-0.2, 0) is 4.74 Å². The van der Waals surface area contributed by atoms with Gasteiger partial charge in [0.05, 0.1) is 6.10 Å². The lowest BCUT2D eigenvalue weighted by atomic mass is 9.70. The van der Waals surface area contributed by atoms with E-state index in [9.17, 15) is 0 Å². The van der Waals surface area contributed by atoms with Crippen LogP contribution in [-0.4, -0.2) is 12.7 Å². The topological polar surface area (TPSA) is 9.23 Å². The number of hydrogen-bond acceptors (Lipinski definition) is 1. The summed E-state index contributed by atoms with van der Waals surface area (Å²) in [6, 6.07) is 0. The van der Waals surface area contributed by atoms with Crippen LogP contribution in [0, 0.1) is 17.8 Å². The predicted octanol–water partition coefficient (Wildman–Crippen LogP) is 11.0. The van der Waals surface area contributed by atoms with Gasteiger partial charge in [-0.05, 0) is 62.7 Å². The van der Waals surface area contributed by atoms with Crippen molar-refractivity contribution in [1.29, 1.82) is 0 Å². The molecule has 0 heterocycles. The fourth-order valence-electron chi connectivity index (χ4n) is 6.73. The Morgan fingerprint density at radius 2 is 0.879 bits per heavy atom. The molecule has 2 fully saturated rings. The second-order valence-corrected chi connectivity index (χ2v) is 11.9. The number of rotatable bonds is 20. The second kappa shape index (κ2) is 20.2. The van der Waals surface area contributed by atoms with Crippen LogP contribution in [0.3, 0.4) is 0 Å². The van der Waals surface area contributed by atoms with Crippen LogP contribution in [0.5, 0.6) is 0 Å². The maximum absolute atomic E-state index is 6.27. The third-order valence-corrected chi connectivity index (χ3v) is 9.09. The number of ether oxygens (including phenoxy) is 1. The van der Waals surface area contributed by atoms with E-state index in [0.717, 1.165) is 24.4 Å². The summed E-state index contributed by atoms with van der Waals surface area (Å²) in [5.74, 6) is 3.14. The van der Waals surface area contributed by atoms with Gasteiger partial charge in [0, 0.05) is 6.61 Å². The van der Waals surface area contributed by atoms with Crippen molar-refractivity contribution in [3.8, 4) is 0 Å². The van der Waals surface area contributed by atoms with E-state index in [4.69, 9.17) is 4.74 Å². The van der Waals surface area contributed by atoms with Crippen molar-refractivity contribution in [3.05, 3.63) is 0 Å². The first kappa shape index (κ1) is 29.2. The van der Waals surface area contributed by atoms with E-state index in [0.29, 0.717) is 6.10 Å². The molecule has 0 aromatic carbocycles. The molecule has 0 aromatic heterocycles. The summed E-state index contributed by atoms with van der Waals surface area (Å²) in [5, 5.41) is 0. The van der Waals surface area contributed by atoms with E-state index in [1.807, 2.05) is 0 Å². The van der Waals surface area contributed by atoms with Crippen LogP contribution in [0.2, 0.25) is 0 Å². The molecular weight excluding hydrogens is 400 g/mol. The van der Waals surface area contributed by atoms with Gasteiger partial charge in [-0.15, -0.1) is 0 Å². The molecule has 1 heteroatoms. The Balaban J connectivity index is 1.40. The van der Waals surface area contributed by atoms with E-state index in [-0.39, 0.29) is 0 Å². The molecule has 0 unspecified atom stereocenters. The highest BCUT2D eigenvalue weighted by Crippen LogP contribution is 2.41. The van der Waals surface area contributed by atoms with Crippen LogP contribution in [0.4, 0.5) is 0 Å². The Bertz CT molecular complexity index is 403. The summed E-state index contributed by atoms with van der Waals surface area (Å²) < 4.78 is 6.27. The molecule has 0 amide bonds. The summed E-state index contributed by atoms with van der Waals surface area (Å²) >= 11 is 0. The molecule has 0 N–H and O–H groups in total. The molecule has 0 aliphatic heterocycles. The lowest BCUT2D eigenvalue weighted by Gasteiger charge is -2.38. The van der Waals surface area contributed by atoms with Crippen molar-refractivity contribution in [2.24, 2.45) is 17.8 Å². The predicted molar refractivity (Wildman–Crippen MR) is 147 cm³/mol. The SMILES string of the molecule is CCCCCCCCCCO[C@H]1CC[C@H](C2CCC(CCCCCCCCCC)CC2)CC1. The molecule has 0 atom stereocenters. The normalized spacial score (nSPS) is 26.0. The third-order valence-electron chi connectivity index (χ3n) is 9.09. The Kier molecular flexibility index (Phi) is 17.9. The summed E-state index contributed by atoms with van der Waals surface area (Å²) in [7, 11) is 0. The molecule has 0 saturated heterocycles. The molecule has 33 heavy (non-hydrogen) atoms. The van der Waals surface area contributed by atoms with Crippen LogP contribution in [0.1, 0.15) is 174 Å². The average Bonchev–Trinajstić information content (AvgIpc) is 2.85. The molecular formula is C32H62O. The molecule has 0 aromatic rings. The lowest BCUT2D eigenvalue weighted by Crippen LogP contribution is -2.28. The van der Waals surface area contributed by atoms with Crippen LogP contribution in [0.25, 0.3) is 0 Å². The average molecular weight is 463 g/mol. The van der Waals surface area contributed by atoms with Gasteiger partial charge in [-0.25, -0.2) is 0 Å². The highest BCUT2D eigenvalue weighted by molar-refractivity contribution is 4.82. The fourth-order valence-corrected chi connectivity index (χ4v) is 6.73. The van der Waals surface area contributed by atoms with Gasteiger partial charge in [-0.1, -0.05) is 129 Å². The minimum atomic E-state index is 0.587. The molecule has 1 nitrogen and oxygen atoms in total. The van der Waals surface area contributed by atoms with Crippen LogP contribution in [0.15, 0.2) is 0 Å². The number of unbranched alkanes of at least 4 members (excludes halogenated alkanes) is 14. The molecule has 0 bridgehead atoms. The van der Waals surface area contributed by atoms with Gasteiger partial charge < -0.3 is 4.74 Å². The van der Waals surface area contributed by atoms with Gasteiger partial charge in [0.25, 0.3) is 0 Å². The van der Waals surface area contributed by atoms with Gasteiger partial charge >= 0.3 is 0 Å². The molecule has 196 valence electrons. The van der Waals surface area contributed by atoms with Crippen molar-refractivity contribution in [1.82, 2.24) is 0 Å². The smallest absolute Gasteiger partial charge is 0.0575 e. The van der Waals surface area contributed by atoms with Gasteiger partial charge in [0.15, 0.2) is 0 Å². The summed E-state index contributed by atoms with van der Waals surface area (Å²) in [6.07, 6.45) is 36.8.